The minimum absolute atomic E-state index is 0.107. The van der Waals surface area contributed by atoms with E-state index in [0.717, 1.165) is 19.4 Å². The molecule has 2 aliphatic carbocycles. The van der Waals surface area contributed by atoms with Gasteiger partial charge in [-0.3, -0.25) is 4.90 Å². The average Bonchev–Trinajstić information content (AvgIpc) is 2.81. The summed E-state index contributed by atoms with van der Waals surface area (Å²) in [6.45, 7) is 5.22. The quantitative estimate of drug-likeness (QED) is 0.852. The lowest BCUT2D eigenvalue weighted by Gasteiger charge is -2.49. The smallest absolute Gasteiger partial charge is 0.0749 e. The van der Waals surface area contributed by atoms with Gasteiger partial charge in [0, 0.05) is 19.7 Å². The lowest BCUT2D eigenvalue weighted by molar-refractivity contribution is -0.0591. The second kappa shape index (κ2) is 5.71. The fraction of sp³-hybridized carbons (Fsp3) is 1.00. The van der Waals surface area contributed by atoms with Gasteiger partial charge in [-0.2, -0.15) is 0 Å². The molecule has 0 radical (unpaired) electrons. The van der Waals surface area contributed by atoms with Gasteiger partial charge in [0.25, 0.3) is 0 Å². The van der Waals surface area contributed by atoms with Crippen LogP contribution in [0.5, 0.6) is 0 Å². The largest absolute Gasteiger partial charge is 0.393 e. The van der Waals surface area contributed by atoms with E-state index in [1.54, 1.807) is 7.11 Å². The highest BCUT2D eigenvalue weighted by atomic mass is 16.5. The van der Waals surface area contributed by atoms with Gasteiger partial charge in [0.05, 0.1) is 11.7 Å². The summed E-state index contributed by atoms with van der Waals surface area (Å²) in [7, 11) is 4.00. The van der Waals surface area contributed by atoms with Crippen LogP contribution in [0, 0.1) is 5.41 Å². The fourth-order valence-corrected chi connectivity index (χ4v) is 4.33. The molecule has 1 N–H and O–H groups in total. The van der Waals surface area contributed by atoms with Gasteiger partial charge in [-0.15, -0.1) is 0 Å². The van der Waals surface area contributed by atoms with Gasteiger partial charge in [-0.25, -0.2) is 0 Å². The minimum Gasteiger partial charge on any atom is -0.393 e. The van der Waals surface area contributed by atoms with Crippen LogP contribution >= 0.6 is 0 Å². The first-order chi connectivity index (χ1) is 8.88. The first-order valence-corrected chi connectivity index (χ1v) is 7.82. The average molecular weight is 269 g/mol. The van der Waals surface area contributed by atoms with Gasteiger partial charge < -0.3 is 9.84 Å². The lowest BCUT2D eigenvalue weighted by Crippen LogP contribution is -2.53. The molecule has 3 nitrogen and oxygen atoms in total. The molecule has 1 spiro atoms. The molecule has 0 bridgehead atoms. The van der Waals surface area contributed by atoms with E-state index in [1.165, 1.54) is 32.1 Å². The first kappa shape index (κ1) is 15.3. The van der Waals surface area contributed by atoms with Crippen molar-refractivity contribution >= 4 is 0 Å². The predicted octanol–water partition coefficient (Wildman–Crippen LogP) is 2.82. The normalized spacial score (nSPS) is 31.3. The summed E-state index contributed by atoms with van der Waals surface area (Å²) in [5.41, 5.74) is 0.356. The van der Waals surface area contributed by atoms with E-state index in [9.17, 15) is 5.11 Å². The molecule has 2 aliphatic rings. The third kappa shape index (κ3) is 3.32. The van der Waals surface area contributed by atoms with Crippen LogP contribution in [0.3, 0.4) is 0 Å². The Bertz CT molecular complexity index is 297. The molecule has 2 unspecified atom stereocenters. The fourth-order valence-electron chi connectivity index (χ4n) is 4.33. The monoisotopic (exact) mass is 269 g/mol. The van der Waals surface area contributed by atoms with Crippen molar-refractivity contribution in [3.05, 3.63) is 0 Å². The standard InChI is InChI=1S/C16H31NO2/c1-15(2,19-4)12-17(3)14-11-13(18)7-10-16(14)8-5-6-9-16/h13-14,18H,5-12H2,1-4H3. The first-order valence-electron chi connectivity index (χ1n) is 7.82. The van der Waals surface area contributed by atoms with Crippen LogP contribution in [-0.4, -0.2) is 48.5 Å². The van der Waals surface area contributed by atoms with Crippen molar-refractivity contribution in [3.63, 3.8) is 0 Å². The number of methoxy groups -OCH3 is 1. The van der Waals surface area contributed by atoms with Crippen molar-refractivity contribution in [1.29, 1.82) is 0 Å². The zero-order valence-electron chi connectivity index (χ0n) is 13.1. The highest BCUT2D eigenvalue weighted by molar-refractivity contribution is 5.00. The molecule has 19 heavy (non-hydrogen) atoms. The van der Waals surface area contributed by atoms with Crippen molar-refractivity contribution in [1.82, 2.24) is 4.90 Å². The summed E-state index contributed by atoms with van der Waals surface area (Å²) in [5, 5.41) is 10.1. The highest BCUT2D eigenvalue weighted by Crippen LogP contribution is 2.50. The van der Waals surface area contributed by atoms with Crippen LogP contribution < -0.4 is 0 Å². The number of nitrogens with zero attached hydrogens (tertiary/aromatic N) is 1. The Morgan fingerprint density at radius 3 is 2.47 bits per heavy atom. The maximum absolute atomic E-state index is 10.1. The van der Waals surface area contributed by atoms with Crippen LogP contribution in [-0.2, 0) is 4.74 Å². The summed E-state index contributed by atoms with van der Waals surface area (Å²) in [6.07, 6.45) is 8.47. The van der Waals surface area contributed by atoms with E-state index in [4.69, 9.17) is 4.74 Å². The molecule has 2 atom stereocenters. The van der Waals surface area contributed by atoms with Gasteiger partial charge in [0.15, 0.2) is 0 Å². The molecule has 0 aromatic heterocycles. The Balaban J connectivity index is 2.09. The number of hydrogen-bond donors (Lipinski definition) is 1. The molecule has 0 amide bonds. The Hall–Kier alpha value is -0.120. The molecule has 2 fully saturated rings. The molecule has 3 heteroatoms. The Kier molecular flexibility index (Phi) is 4.59. The highest BCUT2D eigenvalue weighted by Gasteiger charge is 2.47. The zero-order valence-corrected chi connectivity index (χ0v) is 13.1. The number of hydrogen-bond acceptors (Lipinski definition) is 3. The maximum Gasteiger partial charge on any atom is 0.0749 e. The zero-order chi connectivity index (χ0) is 14.1. The van der Waals surface area contributed by atoms with Gasteiger partial charge in [-0.05, 0) is 58.4 Å². The van der Waals surface area contributed by atoms with E-state index in [-0.39, 0.29) is 11.7 Å². The van der Waals surface area contributed by atoms with Crippen LogP contribution in [0.1, 0.15) is 58.8 Å². The summed E-state index contributed by atoms with van der Waals surface area (Å²) in [4.78, 5) is 2.46. The van der Waals surface area contributed by atoms with Crippen molar-refractivity contribution in [2.75, 3.05) is 20.7 Å². The molecule has 0 aromatic rings. The molecular weight excluding hydrogens is 238 g/mol. The summed E-state index contributed by atoms with van der Waals surface area (Å²) < 4.78 is 5.57. The Morgan fingerprint density at radius 2 is 1.89 bits per heavy atom. The van der Waals surface area contributed by atoms with E-state index in [0.29, 0.717) is 11.5 Å². The van der Waals surface area contributed by atoms with Crippen LogP contribution in [0.25, 0.3) is 0 Å². The van der Waals surface area contributed by atoms with Gasteiger partial charge in [0.2, 0.25) is 0 Å². The van der Waals surface area contributed by atoms with E-state index >= 15 is 0 Å². The summed E-state index contributed by atoms with van der Waals surface area (Å²) in [6, 6.07) is 0.521. The number of rotatable bonds is 4. The van der Waals surface area contributed by atoms with Gasteiger partial charge in [-0.1, -0.05) is 12.8 Å². The number of aliphatic hydroxyl groups is 1. The molecule has 0 heterocycles. The second-order valence-electron chi connectivity index (χ2n) is 7.39. The minimum atomic E-state index is -0.114. The van der Waals surface area contributed by atoms with Crippen molar-refractivity contribution in [2.45, 2.75) is 76.5 Å². The van der Waals surface area contributed by atoms with Crippen LogP contribution in [0.2, 0.25) is 0 Å². The molecule has 112 valence electrons. The van der Waals surface area contributed by atoms with E-state index in [2.05, 4.69) is 25.8 Å². The summed E-state index contributed by atoms with van der Waals surface area (Å²) >= 11 is 0. The number of aliphatic hydroxyl groups excluding tert-OH is 1. The van der Waals surface area contributed by atoms with Crippen molar-refractivity contribution in [3.8, 4) is 0 Å². The maximum atomic E-state index is 10.1. The molecule has 2 rings (SSSR count). The van der Waals surface area contributed by atoms with Crippen molar-refractivity contribution < 1.29 is 9.84 Å². The third-order valence-corrected chi connectivity index (χ3v) is 5.49. The summed E-state index contributed by atoms with van der Waals surface area (Å²) in [5.74, 6) is 0. The lowest BCUT2D eigenvalue weighted by atomic mass is 9.67. The van der Waals surface area contributed by atoms with Crippen LogP contribution in [0.15, 0.2) is 0 Å². The Labute approximate surface area is 118 Å². The molecular formula is C16H31NO2. The van der Waals surface area contributed by atoms with Crippen LogP contribution in [0.4, 0.5) is 0 Å². The predicted molar refractivity (Wildman–Crippen MR) is 78.3 cm³/mol. The van der Waals surface area contributed by atoms with E-state index in [1.807, 2.05) is 0 Å². The topological polar surface area (TPSA) is 32.7 Å². The molecule has 0 aromatic carbocycles. The van der Waals surface area contributed by atoms with E-state index < -0.39 is 0 Å². The second-order valence-corrected chi connectivity index (χ2v) is 7.39. The number of ether oxygens (including phenoxy) is 1. The number of likely N-dealkylation sites (N-methyl/N-ethyl adjacent to an activating group) is 1. The molecule has 0 aliphatic heterocycles. The van der Waals surface area contributed by atoms with Gasteiger partial charge in [0.1, 0.15) is 0 Å². The molecule has 0 saturated heterocycles. The Morgan fingerprint density at radius 1 is 1.26 bits per heavy atom. The van der Waals surface area contributed by atoms with Gasteiger partial charge >= 0.3 is 0 Å². The SMILES string of the molecule is COC(C)(C)CN(C)C1CC(O)CCC12CCCC2. The molecule has 2 saturated carbocycles. The third-order valence-electron chi connectivity index (χ3n) is 5.49. The van der Waals surface area contributed by atoms with Crippen molar-refractivity contribution in [2.24, 2.45) is 5.41 Å².